The van der Waals surface area contributed by atoms with E-state index in [4.69, 9.17) is 5.73 Å². The first-order valence-electron chi connectivity index (χ1n) is 5.75. The van der Waals surface area contributed by atoms with Gasteiger partial charge in [0.15, 0.2) is 0 Å². The Morgan fingerprint density at radius 3 is 2.56 bits per heavy atom. The van der Waals surface area contributed by atoms with E-state index in [-0.39, 0.29) is 5.91 Å². The van der Waals surface area contributed by atoms with Crippen LogP contribution in [0.2, 0.25) is 0 Å². The van der Waals surface area contributed by atoms with Gasteiger partial charge in [-0.3, -0.25) is 4.79 Å². The largest absolute Gasteiger partial charge is 0.317 e. The van der Waals surface area contributed by atoms with Gasteiger partial charge in [0.1, 0.15) is 0 Å². The minimum atomic E-state index is -0.585. The molecule has 0 heterocycles. The van der Waals surface area contributed by atoms with Gasteiger partial charge in [0, 0.05) is 12.2 Å². The second-order valence-electron chi connectivity index (χ2n) is 4.49. The molecule has 2 N–H and O–H groups in total. The molecule has 86 valence electrons. The lowest BCUT2D eigenvalue weighted by Gasteiger charge is -2.25. The van der Waals surface area contributed by atoms with Crippen molar-refractivity contribution in [3.8, 4) is 0 Å². The first-order chi connectivity index (χ1) is 7.58. The molecule has 0 saturated heterocycles. The number of aryl methyl sites for hydroxylation is 1. The smallest absolute Gasteiger partial charge is 0.247 e. The highest BCUT2D eigenvalue weighted by Crippen LogP contribution is 2.36. The fourth-order valence-electron chi connectivity index (χ4n) is 1.91. The standard InChI is InChI=1S/C13H18N2O/c1-3-15(12(16)13(14)8-9-13)11-7-5-4-6-10(11)2/h4-7H,3,8-9,14H2,1-2H3. The van der Waals surface area contributed by atoms with Crippen molar-refractivity contribution in [1.82, 2.24) is 0 Å². The monoisotopic (exact) mass is 218 g/mol. The Labute approximate surface area is 96.2 Å². The molecule has 0 aromatic heterocycles. The number of carbonyl (C=O) groups is 1. The SMILES string of the molecule is CCN(C(=O)C1(N)CC1)c1ccccc1C. The van der Waals surface area contributed by atoms with Crippen LogP contribution in [0, 0.1) is 6.92 Å². The van der Waals surface area contributed by atoms with Crippen molar-refractivity contribution in [2.45, 2.75) is 32.2 Å². The number of nitrogens with two attached hydrogens (primary N) is 1. The number of rotatable bonds is 3. The van der Waals surface area contributed by atoms with Gasteiger partial charge in [0.2, 0.25) is 5.91 Å². The van der Waals surface area contributed by atoms with Crippen LogP contribution in [0.25, 0.3) is 0 Å². The number of carbonyl (C=O) groups excluding carboxylic acids is 1. The number of anilines is 1. The summed E-state index contributed by atoms with van der Waals surface area (Å²) in [6, 6.07) is 7.92. The Hall–Kier alpha value is -1.35. The fraction of sp³-hybridized carbons (Fsp3) is 0.462. The van der Waals surface area contributed by atoms with Gasteiger partial charge < -0.3 is 10.6 Å². The van der Waals surface area contributed by atoms with Crippen LogP contribution in [0.5, 0.6) is 0 Å². The summed E-state index contributed by atoms with van der Waals surface area (Å²) in [5, 5.41) is 0. The van der Waals surface area contributed by atoms with E-state index >= 15 is 0 Å². The van der Waals surface area contributed by atoms with Crippen LogP contribution in [-0.4, -0.2) is 18.0 Å². The molecule has 16 heavy (non-hydrogen) atoms. The van der Waals surface area contributed by atoms with Gasteiger partial charge >= 0.3 is 0 Å². The molecule has 0 atom stereocenters. The number of benzene rings is 1. The van der Waals surface area contributed by atoms with Crippen molar-refractivity contribution >= 4 is 11.6 Å². The third kappa shape index (κ3) is 1.83. The maximum Gasteiger partial charge on any atom is 0.247 e. The molecule has 0 bridgehead atoms. The normalized spacial score (nSPS) is 16.9. The lowest BCUT2D eigenvalue weighted by molar-refractivity contribution is -0.120. The Kier molecular flexibility index (Phi) is 2.72. The number of likely N-dealkylation sites (N-methyl/N-ethyl adjacent to an activating group) is 1. The molecule has 3 heteroatoms. The van der Waals surface area contributed by atoms with E-state index in [0.717, 1.165) is 24.1 Å². The summed E-state index contributed by atoms with van der Waals surface area (Å²) in [6.07, 6.45) is 1.63. The van der Waals surface area contributed by atoms with Crippen molar-refractivity contribution in [2.75, 3.05) is 11.4 Å². The molecule has 1 aromatic rings. The van der Waals surface area contributed by atoms with Crippen LogP contribution in [0.1, 0.15) is 25.3 Å². The topological polar surface area (TPSA) is 46.3 Å². The summed E-state index contributed by atoms with van der Waals surface area (Å²) in [7, 11) is 0. The number of para-hydroxylation sites is 1. The highest BCUT2D eigenvalue weighted by Gasteiger charge is 2.48. The highest BCUT2D eigenvalue weighted by molar-refractivity contribution is 6.02. The van der Waals surface area contributed by atoms with Crippen LogP contribution >= 0.6 is 0 Å². The van der Waals surface area contributed by atoms with Crippen LogP contribution in [0.15, 0.2) is 24.3 Å². The summed E-state index contributed by atoms with van der Waals surface area (Å²) in [6.45, 7) is 4.67. The van der Waals surface area contributed by atoms with Crippen molar-refractivity contribution in [2.24, 2.45) is 5.73 Å². The summed E-state index contributed by atoms with van der Waals surface area (Å²) in [5.41, 5.74) is 7.47. The van der Waals surface area contributed by atoms with Crippen molar-refractivity contribution < 1.29 is 4.79 Å². The molecule has 0 spiro atoms. The molecule has 1 saturated carbocycles. The van der Waals surface area contributed by atoms with E-state index in [1.165, 1.54) is 0 Å². The van der Waals surface area contributed by atoms with Crippen LogP contribution in [0.3, 0.4) is 0 Å². The number of hydrogen-bond acceptors (Lipinski definition) is 2. The molecular formula is C13H18N2O. The quantitative estimate of drug-likeness (QED) is 0.841. The molecule has 0 aliphatic heterocycles. The Morgan fingerprint density at radius 1 is 1.44 bits per heavy atom. The lowest BCUT2D eigenvalue weighted by Crippen LogP contribution is -2.46. The first kappa shape index (κ1) is 11.1. The molecule has 3 nitrogen and oxygen atoms in total. The summed E-state index contributed by atoms with van der Waals surface area (Å²) >= 11 is 0. The van der Waals surface area contributed by atoms with Gasteiger partial charge in [-0.25, -0.2) is 0 Å². The second kappa shape index (κ2) is 3.91. The lowest BCUT2D eigenvalue weighted by atomic mass is 10.1. The third-order valence-electron chi connectivity index (χ3n) is 3.18. The van der Waals surface area contributed by atoms with E-state index in [1.807, 2.05) is 38.1 Å². The molecular weight excluding hydrogens is 200 g/mol. The molecule has 1 fully saturated rings. The van der Waals surface area contributed by atoms with E-state index in [2.05, 4.69) is 0 Å². The van der Waals surface area contributed by atoms with E-state index in [1.54, 1.807) is 4.90 Å². The van der Waals surface area contributed by atoms with Crippen molar-refractivity contribution in [3.05, 3.63) is 29.8 Å². The number of amides is 1. The maximum absolute atomic E-state index is 12.2. The fourth-order valence-corrected chi connectivity index (χ4v) is 1.91. The average molecular weight is 218 g/mol. The van der Waals surface area contributed by atoms with Gasteiger partial charge in [0.25, 0.3) is 0 Å². The zero-order valence-electron chi connectivity index (χ0n) is 9.86. The average Bonchev–Trinajstić information content (AvgIpc) is 3.01. The van der Waals surface area contributed by atoms with E-state index < -0.39 is 5.54 Å². The Bertz CT molecular complexity index is 410. The second-order valence-corrected chi connectivity index (χ2v) is 4.49. The van der Waals surface area contributed by atoms with Crippen LogP contribution in [-0.2, 0) is 4.79 Å². The van der Waals surface area contributed by atoms with Gasteiger partial charge in [-0.15, -0.1) is 0 Å². The molecule has 1 amide bonds. The molecule has 2 rings (SSSR count). The third-order valence-corrected chi connectivity index (χ3v) is 3.18. The Balaban J connectivity index is 2.29. The zero-order chi connectivity index (χ0) is 11.8. The molecule has 0 radical (unpaired) electrons. The van der Waals surface area contributed by atoms with Gasteiger partial charge in [0.05, 0.1) is 5.54 Å². The summed E-state index contributed by atoms with van der Waals surface area (Å²) in [5.74, 6) is 0.0595. The van der Waals surface area contributed by atoms with Gasteiger partial charge in [-0.1, -0.05) is 18.2 Å². The minimum Gasteiger partial charge on any atom is -0.317 e. The zero-order valence-corrected chi connectivity index (χ0v) is 9.86. The first-order valence-corrected chi connectivity index (χ1v) is 5.75. The van der Waals surface area contributed by atoms with Crippen LogP contribution in [0.4, 0.5) is 5.69 Å². The maximum atomic E-state index is 12.2. The van der Waals surface area contributed by atoms with E-state index in [9.17, 15) is 4.79 Å². The molecule has 0 unspecified atom stereocenters. The molecule has 1 aliphatic carbocycles. The Morgan fingerprint density at radius 2 is 2.06 bits per heavy atom. The van der Waals surface area contributed by atoms with Gasteiger partial charge in [-0.05, 0) is 38.3 Å². The predicted molar refractivity (Wildman–Crippen MR) is 65.4 cm³/mol. The predicted octanol–water partition coefficient (Wildman–Crippen LogP) is 1.84. The number of hydrogen-bond donors (Lipinski definition) is 1. The molecule has 1 aliphatic rings. The van der Waals surface area contributed by atoms with Gasteiger partial charge in [-0.2, -0.15) is 0 Å². The number of nitrogens with zero attached hydrogens (tertiary/aromatic N) is 1. The highest BCUT2D eigenvalue weighted by atomic mass is 16.2. The minimum absolute atomic E-state index is 0.0595. The summed E-state index contributed by atoms with van der Waals surface area (Å²) < 4.78 is 0. The van der Waals surface area contributed by atoms with Crippen molar-refractivity contribution in [3.63, 3.8) is 0 Å². The van der Waals surface area contributed by atoms with E-state index in [0.29, 0.717) is 6.54 Å². The molecule has 1 aromatic carbocycles. The van der Waals surface area contributed by atoms with Crippen molar-refractivity contribution in [1.29, 1.82) is 0 Å². The van der Waals surface area contributed by atoms with Crippen LogP contribution < -0.4 is 10.6 Å². The summed E-state index contributed by atoms with van der Waals surface area (Å²) in [4.78, 5) is 14.0.